The monoisotopic (exact) mass is 284 g/mol. The highest BCUT2D eigenvalue weighted by molar-refractivity contribution is 7.17. The predicted octanol–water partition coefficient (Wildman–Crippen LogP) is 3.22. The number of carbonyl (C=O) groups excluding carboxylic acids is 1. The van der Waals surface area contributed by atoms with Crippen LogP contribution in [0.3, 0.4) is 0 Å². The van der Waals surface area contributed by atoms with Crippen molar-refractivity contribution in [1.29, 1.82) is 0 Å². The number of ether oxygens (including phenoxy) is 1. The van der Waals surface area contributed by atoms with E-state index in [1.165, 1.54) is 0 Å². The molecule has 1 aromatic rings. The van der Waals surface area contributed by atoms with Gasteiger partial charge in [0.05, 0.1) is 0 Å². The molecule has 0 bridgehead atoms. The first-order chi connectivity index (χ1) is 8.60. The van der Waals surface area contributed by atoms with Gasteiger partial charge in [0.1, 0.15) is 15.6 Å². The zero-order valence-corrected chi connectivity index (χ0v) is 12.1. The van der Waals surface area contributed by atoms with E-state index >= 15 is 0 Å². The Labute approximate surface area is 115 Å². The third-order valence-electron chi connectivity index (χ3n) is 1.81. The Bertz CT molecular complexity index is 528. The number of carbonyl (C=O) groups is 2. The van der Waals surface area contributed by atoms with Crippen molar-refractivity contribution in [3.8, 4) is 0 Å². The van der Waals surface area contributed by atoms with Crippen molar-refractivity contribution in [2.45, 2.75) is 33.3 Å². The molecule has 0 aromatic carbocycles. The fourth-order valence-corrected chi connectivity index (χ4v) is 2.00. The van der Waals surface area contributed by atoms with Crippen molar-refractivity contribution in [1.82, 2.24) is 4.98 Å². The second-order valence-corrected chi connectivity index (χ2v) is 5.91. The molecule has 0 aliphatic carbocycles. The maximum atomic E-state index is 11.6. The van der Waals surface area contributed by atoms with Crippen molar-refractivity contribution in [2.24, 2.45) is 0 Å². The summed E-state index contributed by atoms with van der Waals surface area (Å²) in [6.45, 7) is 10.6. The van der Waals surface area contributed by atoms with Gasteiger partial charge in [-0.1, -0.05) is 17.9 Å². The highest BCUT2D eigenvalue weighted by Crippen LogP contribution is 2.29. The number of hydrogen-bond donors (Lipinski definition) is 2. The third kappa shape index (κ3) is 4.36. The molecule has 0 spiro atoms. The number of anilines is 1. The largest absolute Gasteiger partial charge is 0.476 e. The average Bonchev–Trinajstić information content (AvgIpc) is 2.58. The van der Waals surface area contributed by atoms with Crippen molar-refractivity contribution < 1.29 is 19.4 Å². The molecule has 0 atom stereocenters. The van der Waals surface area contributed by atoms with E-state index < -0.39 is 17.7 Å². The highest BCUT2D eigenvalue weighted by Gasteiger charge is 2.22. The van der Waals surface area contributed by atoms with Crippen LogP contribution >= 0.6 is 11.3 Å². The number of rotatable bonds is 3. The summed E-state index contributed by atoms with van der Waals surface area (Å²) in [5, 5.41) is 12.0. The minimum Gasteiger partial charge on any atom is -0.476 e. The van der Waals surface area contributed by atoms with Crippen LogP contribution < -0.4 is 5.32 Å². The summed E-state index contributed by atoms with van der Waals surface area (Å²) in [7, 11) is 0. The van der Waals surface area contributed by atoms with Crippen molar-refractivity contribution in [2.75, 3.05) is 5.32 Å². The fourth-order valence-electron chi connectivity index (χ4n) is 1.13. The first kappa shape index (κ1) is 15.2. The molecule has 104 valence electrons. The quantitative estimate of drug-likeness (QED) is 0.889. The van der Waals surface area contributed by atoms with Crippen LogP contribution in [0.5, 0.6) is 0 Å². The molecule has 6 nitrogen and oxygen atoms in total. The van der Waals surface area contributed by atoms with Gasteiger partial charge >= 0.3 is 12.1 Å². The summed E-state index contributed by atoms with van der Waals surface area (Å²) in [6, 6.07) is 0. The molecule has 19 heavy (non-hydrogen) atoms. The SMILES string of the molecule is C=C(C)c1nc(C(=O)O)c(NC(=O)OC(C)(C)C)s1. The first-order valence-electron chi connectivity index (χ1n) is 5.50. The predicted molar refractivity (Wildman–Crippen MR) is 73.6 cm³/mol. The number of thiazole rings is 1. The molecule has 2 N–H and O–H groups in total. The molecule has 1 aromatic heterocycles. The summed E-state index contributed by atoms with van der Waals surface area (Å²) in [4.78, 5) is 26.6. The Balaban J connectivity index is 2.97. The average molecular weight is 284 g/mol. The van der Waals surface area contributed by atoms with Gasteiger partial charge in [-0.3, -0.25) is 5.32 Å². The number of nitrogens with one attached hydrogen (secondary N) is 1. The molecule has 7 heteroatoms. The van der Waals surface area contributed by atoms with Crippen molar-refractivity contribution in [3.05, 3.63) is 17.3 Å². The van der Waals surface area contributed by atoms with Gasteiger partial charge in [0, 0.05) is 0 Å². The first-order valence-corrected chi connectivity index (χ1v) is 6.32. The minimum absolute atomic E-state index is 0.139. The highest BCUT2D eigenvalue weighted by atomic mass is 32.1. The number of amides is 1. The van der Waals surface area contributed by atoms with Crippen LogP contribution in [0.25, 0.3) is 5.57 Å². The second-order valence-electron chi connectivity index (χ2n) is 4.91. The maximum absolute atomic E-state index is 11.6. The van der Waals surface area contributed by atoms with E-state index in [0.717, 1.165) is 11.3 Å². The van der Waals surface area contributed by atoms with E-state index in [1.807, 2.05) is 0 Å². The van der Waals surface area contributed by atoms with Gasteiger partial charge in [-0.25, -0.2) is 14.6 Å². The summed E-state index contributed by atoms with van der Waals surface area (Å²) in [5.74, 6) is -1.21. The Morgan fingerprint density at radius 2 is 2.00 bits per heavy atom. The normalized spacial score (nSPS) is 10.9. The third-order valence-corrected chi connectivity index (χ3v) is 2.94. The lowest BCUT2D eigenvalue weighted by molar-refractivity contribution is 0.0636. The van der Waals surface area contributed by atoms with E-state index in [9.17, 15) is 9.59 Å². The molecular weight excluding hydrogens is 268 g/mol. The minimum atomic E-state index is -1.21. The van der Waals surface area contributed by atoms with E-state index in [4.69, 9.17) is 9.84 Å². The van der Waals surface area contributed by atoms with Gasteiger partial charge < -0.3 is 9.84 Å². The van der Waals surface area contributed by atoms with E-state index in [0.29, 0.717) is 10.6 Å². The van der Waals surface area contributed by atoms with Gasteiger partial charge in [0.2, 0.25) is 0 Å². The Hall–Kier alpha value is -1.89. The molecular formula is C12H16N2O4S. The van der Waals surface area contributed by atoms with Crippen LogP contribution in [0.15, 0.2) is 6.58 Å². The van der Waals surface area contributed by atoms with E-state index in [2.05, 4.69) is 16.9 Å². The number of allylic oxidation sites excluding steroid dienone is 1. The Morgan fingerprint density at radius 3 is 2.42 bits per heavy atom. The molecule has 0 unspecified atom stereocenters. The molecule has 0 saturated carbocycles. The van der Waals surface area contributed by atoms with Gasteiger partial charge in [0.25, 0.3) is 0 Å². The summed E-state index contributed by atoms with van der Waals surface area (Å²) in [6.07, 6.45) is -0.716. The van der Waals surface area contributed by atoms with Crippen molar-refractivity contribution >= 4 is 34.0 Å². The molecule has 1 amide bonds. The second kappa shape index (κ2) is 5.40. The molecule has 1 heterocycles. The van der Waals surface area contributed by atoms with Gasteiger partial charge in [-0.2, -0.15) is 0 Å². The van der Waals surface area contributed by atoms with E-state index in [-0.39, 0.29) is 10.7 Å². The molecule has 0 aliphatic rings. The van der Waals surface area contributed by atoms with Crippen LogP contribution in [-0.2, 0) is 4.74 Å². The van der Waals surface area contributed by atoms with Crippen LogP contribution in [0.4, 0.5) is 9.80 Å². The summed E-state index contributed by atoms with van der Waals surface area (Å²) < 4.78 is 5.06. The molecule has 0 aliphatic heterocycles. The molecule has 0 fully saturated rings. The summed E-state index contributed by atoms with van der Waals surface area (Å²) in [5.41, 5.74) is -0.242. The summed E-state index contributed by atoms with van der Waals surface area (Å²) >= 11 is 1.05. The van der Waals surface area contributed by atoms with Gasteiger partial charge in [-0.15, -0.1) is 0 Å². The number of carboxylic acid groups (broad SMARTS) is 1. The maximum Gasteiger partial charge on any atom is 0.412 e. The molecule has 0 radical (unpaired) electrons. The van der Waals surface area contributed by atoms with Crippen LogP contribution in [0.2, 0.25) is 0 Å². The van der Waals surface area contributed by atoms with Gasteiger partial charge in [-0.05, 0) is 33.3 Å². The number of carboxylic acids is 1. The Kier molecular flexibility index (Phi) is 4.31. The number of nitrogens with zero attached hydrogens (tertiary/aromatic N) is 1. The number of hydrogen-bond acceptors (Lipinski definition) is 5. The van der Waals surface area contributed by atoms with Crippen LogP contribution in [0.1, 0.15) is 43.2 Å². The zero-order chi connectivity index (χ0) is 14.8. The number of aromatic carboxylic acids is 1. The van der Waals surface area contributed by atoms with Crippen LogP contribution in [-0.4, -0.2) is 27.8 Å². The lowest BCUT2D eigenvalue weighted by atomic mass is 10.2. The lowest BCUT2D eigenvalue weighted by Gasteiger charge is -2.19. The van der Waals surface area contributed by atoms with Gasteiger partial charge in [0.15, 0.2) is 5.69 Å². The zero-order valence-electron chi connectivity index (χ0n) is 11.2. The Morgan fingerprint density at radius 1 is 1.42 bits per heavy atom. The molecule has 0 saturated heterocycles. The topological polar surface area (TPSA) is 88.5 Å². The fraction of sp³-hybridized carbons (Fsp3) is 0.417. The van der Waals surface area contributed by atoms with E-state index in [1.54, 1.807) is 27.7 Å². The standard InChI is InChI=1S/C12H16N2O4S/c1-6(2)8-13-7(10(15)16)9(19-8)14-11(17)18-12(3,4)5/h1H2,2-5H3,(H,14,17)(H,15,16). The number of aromatic nitrogens is 1. The lowest BCUT2D eigenvalue weighted by Crippen LogP contribution is -2.27. The molecule has 1 rings (SSSR count). The van der Waals surface area contributed by atoms with Crippen LogP contribution in [0, 0.1) is 0 Å². The smallest absolute Gasteiger partial charge is 0.412 e. The van der Waals surface area contributed by atoms with Crippen molar-refractivity contribution in [3.63, 3.8) is 0 Å².